The lowest BCUT2D eigenvalue weighted by molar-refractivity contribution is -0.138. The van der Waals surface area contributed by atoms with Crippen LogP contribution in [0.3, 0.4) is 0 Å². The lowest BCUT2D eigenvalue weighted by Gasteiger charge is -2.18. The number of nitrogens with one attached hydrogen (secondary N) is 4. The van der Waals surface area contributed by atoms with Crippen LogP contribution in [-0.2, 0) is 22.4 Å². The molecule has 36 heavy (non-hydrogen) atoms. The molecule has 2 atom stereocenters. The fraction of sp³-hybridized carbons (Fsp3) is 0.143. The van der Waals surface area contributed by atoms with Gasteiger partial charge in [-0.3, -0.25) is 0 Å². The molecule has 0 amide bonds. The molecule has 0 bridgehead atoms. The van der Waals surface area contributed by atoms with Crippen molar-refractivity contribution in [3.05, 3.63) is 96.3 Å². The summed E-state index contributed by atoms with van der Waals surface area (Å²) in [5.74, 6) is -1.90. The van der Waals surface area contributed by atoms with Crippen LogP contribution in [0.25, 0.3) is 21.8 Å². The van der Waals surface area contributed by atoms with Gasteiger partial charge in [-0.25, -0.2) is 9.59 Å². The molecular formula is C28H26N4O4. The number of hydrogen-bond acceptors (Lipinski definition) is 4. The summed E-state index contributed by atoms with van der Waals surface area (Å²) < 4.78 is 0. The van der Waals surface area contributed by atoms with Gasteiger partial charge < -0.3 is 30.8 Å². The van der Waals surface area contributed by atoms with Gasteiger partial charge in [0.15, 0.2) is 0 Å². The Balaban J connectivity index is 1.27. The Morgan fingerprint density at radius 3 is 1.42 bits per heavy atom. The number of anilines is 2. The second kappa shape index (κ2) is 9.87. The highest BCUT2D eigenvalue weighted by Crippen LogP contribution is 2.23. The Labute approximate surface area is 207 Å². The Bertz CT molecular complexity index is 1400. The van der Waals surface area contributed by atoms with Gasteiger partial charge in [0.25, 0.3) is 0 Å². The van der Waals surface area contributed by atoms with Crippen molar-refractivity contribution in [2.24, 2.45) is 0 Å². The fourth-order valence-electron chi connectivity index (χ4n) is 4.51. The molecule has 2 heterocycles. The Kier molecular flexibility index (Phi) is 6.32. The zero-order valence-corrected chi connectivity index (χ0v) is 19.4. The lowest BCUT2D eigenvalue weighted by atomic mass is 10.0. The molecular weight excluding hydrogens is 456 g/mol. The number of carboxylic acid groups (broad SMARTS) is 2. The predicted molar refractivity (Wildman–Crippen MR) is 141 cm³/mol. The van der Waals surface area contributed by atoms with Crippen LogP contribution in [0.15, 0.2) is 85.2 Å². The number of aliphatic carboxylic acids is 2. The summed E-state index contributed by atoms with van der Waals surface area (Å²) in [6.07, 6.45) is 4.31. The van der Waals surface area contributed by atoms with E-state index in [1.165, 1.54) is 0 Å². The Morgan fingerprint density at radius 2 is 1.03 bits per heavy atom. The van der Waals surface area contributed by atoms with Crippen LogP contribution in [0.5, 0.6) is 0 Å². The lowest BCUT2D eigenvalue weighted by Crippen LogP contribution is -2.32. The number of para-hydroxylation sites is 2. The van der Waals surface area contributed by atoms with E-state index >= 15 is 0 Å². The van der Waals surface area contributed by atoms with Crippen molar-refractivity contribution in [1.29, 1.82) is 0 Å². The van der Waals surface area contributed by atoms with E-state index in [2.05, 4.69) is 20.6 Å². The molecule has 2 unspecified atom stereocenters. The molecule has 8 heteroatoms. The second-order valence-corrected chi connectivity index (χ2v) is 8.77. The smallest absolute Gasteiger partial charge is 0.326 e. The minimum absolute atomic E-state index is 0.311. The van der Waals surface area contributed by atoms with Crippen LogP contribution < -0.4 is 10.6 Å². The molecule has 0 saturated carbocycles. The summed E-state index contributed by atoms with van der Waals surface area (Å²) in [7, 11) is 0. The van der Waals surface area contributed by atoms with E-state index in [0.29, 0.717) is 24.2 Å². The third-order valence-electron chi connectivity index (χ3n) is 6.36. The minimum Gasteiger partial charge on any atom is -0.480 e. The van der Waals surface area contributed by atoms with Crippen LogP contribution in [0.4, 0.5) is 11.4 Å². The number of carboxylic acids is 2. The number of fused-ring (bicyclic) bond motifs is 2. The third kappa shape index (κ3) is 4.88. The molecule has 8 nitrogen and oxygen atoms in total. The van der Waals surface area contributed by atoms with Gasteiger partial charge in [-0.05, 0) is 47.5 Å². The molecule has 3 aromatic carbocycles. The maximum absolute atomic E-state index is 11.9. The van der Waals surface area contributed by atoms with Crippen molar-refractivity contribution in [2.45, 2.75) is 24.9 Å². The first-order valence-electron chi connectivity index (χ1n) is 11.7. The largest absolute Gasteiger partial charge is 0.480 e. The van der Waals surface area contributed by atoms with E-state index in [1.54, 1.807) is 24.3 Å². The van der Waals surface area contributed by atoms with E-state index in [4.69, 9.17) is 0 Å². The first kappa shape index (κ1) is 23.0. The maximum Gasteiger partial charge on any atom is 0.326 e. The monoisotopic (exact) mass is 482 g/mol. The van der Waals surface area contributed by atoms with E-state index in [9.17, 15) is 19.8 Å². The van der Waals surface area contributed by atoms with Crippen LogP contribution in [-0.4, -0.2) is 44.2 Å². The van der Waals surface area contributed by atoms with Gasteiger partial charge in [-0.2, -0.15) is 0 Å². The van der Waals surface area contributed by atoms with Crippen molar-refractivity contribution in [3.63, 3.8) is 0 Å². The molecule has 0 aliphatic rings. The van der Waals surface area contributed by atoms with E-state index in [1.807, 2.05) is 60.9 Å². The van der Waals surface area contributed by atoms with Gasteiger partial charge in [-0.1, -0.05) is 36.4 Å². The van der Waals surface area contributed by atoms with Crippen LogP contribution in [0, 0.1) is 0 Å². The summed E-state index contributed by atoms with van der Waals surface area (Å²) in [6.45, 7) is 0. The van der Waals surface area contributed by atoms with E-state index in [0.717, 1.165) is 32.9 Å². The van der Waals surface area contributed by atoms with Gasteiger partial charge in [0.1, 0.15) is 12.1 Å². The average molecular weight is 483 g/mol. The normalized spacial score (nSPS) is 12.9. The number of hydrogen-bond donors (Lipinski definition) is 6. The topological polar surface area (TPSA) is 130 Å². The summed E-state index contributed by atoms with van der Waals surface area (Å²) in [4.78, 5) is 30.2. The van der Waals surface area contributed by atoms with E-state index in [-0.39, 0.29) is 0 Å². The predicted octanol–water partition coefficient (Wildman–Crippen LogP) is 4.86. The number of benzene rings is 3. The van der Waals surface area contributed by atoms with Crippen molar-refractivity contribution in [3.8, 4) is 0 Å². The van der Waals surface area contributed by atoms with E-state index < -0.39 is 24.0 Å². The highest BCUT2D eigenvalue weighted by molar-refractivity contribution is 5.86. The number of aromatic amines is 2. The number of aromatic nitrogens is 2. The number of H-pyrrole nitrogens is 2. The van der Waals surface area contributed by atoms with Gasteiger partial charge in [0, 0.05) is 58.4 Å². The summed E-state index contributed by atoms with van der Waals surface area (Å²) in [6, 6.07) is 20.9. The molecule has 0 aliphatic heterocycles. The fourth-order valence-corrected chi connectivity index (χ4v) is 4.51. The zero-order chi connectivity index (χ0) is 25.1. The standard InChI is InChI=1S/C28H26N4O4/c33-27(34)25(13-17-15-29-23-7-3-1-5-21(17)23)31-19-9-11-20(12-10-19)32-26(28(35)36)14-18-16-30-24-8-4-2-6-22(18)24/h1-12,15-16,25-26,29-32H,13-14H2,(H,33,34)(H,35,36). The molecule has 0 spiro atoms. The second-order valence-electron chi connectivity index (χ2n) is 8.77. The molecule has 0 aliphatic carbocycles. The molecule has 0 fully saturated rings. The highest BCUT2D eigenvalue weighted by atomic mass is 16.4. The Hall–Kier alpha value is -4.72. The van der Waals surface area contributed by atoms with Crippen molar-refractivity contribution in [1.82, 2.24) is 9.97 Å². The van der Waals surface area contributed by atoms with Crippen LogP contribution in [0.1, 0.15) is 11.1 Å². The SMILES string of the molecule is O=C(O)C(Cc1c[nH]c2ccccc12)Nc1ccc(NC(Cc2c[nH]c3ccccc23)C(=O)O)cc1. The van der Waals surface area contributed by atoms with Crippen LogP contribution in [0.2, 0.25) is 0 Å². The van der Waals surface area contributed by atoms with Gasteiger partial charge in [-0.15, -0.1) is 0 Å². The minimum atomic E-state index is -0.952. The van der Waals surface area contributed by atoms with Gasteiger partial charge >= 0.3 is 11.9 Å². The molecule has 2 aromatic heterocycles. The first-order chi connectivity index (χ1) is 17.5. The van der Waals surface area contributed by atoms with Gasteiger partial charge in [0.05, 0.1) is 0 Å². The van der Waals surface area contributed by atoms with Crippen molar-refractivity contribution >= 4 is 45.1 Å². The number of carbonyl (C=O) groups is 2. The molecule has 0 saturated heterocycles. The molecule has 182 valence electrons. The first-order valence-corrected chi connectivity index (χ1v) is 11.7. The summed E-state index contributed by atoms with van der Waals surface area (Å²) >= 11 is 0. The number of rotatable bonds is 10. The highest BCUT2D eigenvalue weighted by Gasteiger charge is 2.21. The quantitative estimate of drug-likeness (QED) is 0.169. The summed E-state index contributed by atoms with van der Waals surface area (Å²) in [5, 5.41) is 27.7. The van der Waals surface area contributed by atoms with Gasteiger partial charge in [0.2, 0.25) is 0 Å². The van der Waals surface area contributed by atoms with Crippen molar-refractivity contribution in [2.75, 3.05) is 10.6 Å². The molecule has 0 radical (unpaired) electrons. The molecule has 5 aromatic rings. The average Bonchev–Trinajstić information content (AvgIpc) is 3.48. The third-order valence-corrected chi connectivity index (χ3v) is 6.36. The zero-order valence-electron chi connectivity index (χ0n) is 19.4. The van der Waals surface area contributed by atoms with Crippen LogP contribution >= 0.6 is 0 Å². The Morgan fingerprint density at radius 1 is 0.639 bits per heavy atom. The molecule has 5 rings (SSSR count). The summed E-state index contributed by atoms with van der Waals surface area (Å²) in [5.41, 5.74) is 5.05. The maximum atomic E-state index is 11.9. The molecule has 6 N–H and O–H groups in total. The van der Waals surface area contributed by atoms with Crippen molar-refractivity contribution < 1.29 is 19.8 Å².